The number of rotatable bonds is 45. The lowest BCUT2D eigenvalue weighted by Crippen LogP contribution is -2.30. The van der Waals surface area contributed by atoms with Crippen molar-refractivity contribution >= 4 is 17.9 Å². The van der Waals surface area contributed by atoms with Crippen molar-refractivity contribution in [3.63, 3.8) is 0 Å². The lowest BCUT2D eigenvalue weighted by Gasteiger charge is -2.18. The topological polar surface area (TPSA) is 78.9 Å². The first-order valence-electron chi connectivity index (χ1n) is 25.3. The molecule has 0 aromatic heterocycles. The van der Waals surface area contributed by atoms with E-state index in [4.69, 9.17) is 14.2 Å². The first-order valence-corrected chi connectivity index (χ1v) is 25.3. The Hall–Kier alpha value is -2.89. The van der Waals surface area contributed by atoms with Crippen LogP contribution in [0, 0.1) is 0 Å². The molecule has 0 fully saturated rings. The summed E-state index contributed by atoms with van der Waals surface area (Å²) in [6.45, 7) is 6.54. The summed E-state index contributed by atoms with van der Waals surface area (Å²) in [5, 5.41) is 0. The van der Waals surface area contributed by atoms with Gasteiger partial charge in [-0.2, -0.15) is 0 Å². The molecule has 0 N–H and O–H groups in total. The quantitative estimate of drug-likeness (QED) is 0.0263. The van der Waals surface area contributed by atoms with Gasteiger partial charge in [-0.3, -0.25) is 14.4 Å². The molecule has 60 heavy (non-hydrogen) atoms. The van der Waals surface area contributed by atoms with Gasteiger partial charge < -0.3 is 14.2 Å². The second-order valence-electron chi connectivity index (χ2n) is 16.7. The van der Waals surface area contributed by atoms with Crippen LogP contribution in [0.2, 0.25) is 0 Å². The third-order valence-corrected chi connectivity index (χ3v) is 10.7. The molecule has 0 unspecified atom stereocenters. The molecule has 6 heteroatoms. The molecule has 0 amide bonds. The molecule has 0 aliphatic rings. The van der Waals surface area contributed by atoms with Crippen molar-refractivity contribution < 1.29 is 28.6 Å². The van der Waals surface area contributed by atoms with Gasteiger partial charge in [-0.25, -0.2) is 0 Å². The number of carbonyl (C=O) groups excluding carboxylic acids is 3. The minimum Gasteiger partial charge on any atom is -0.462 e. The Morgan fingerprint density at radius 1 is 0.333 bits per heavy atom. The number of hydrogen-bond donors (Lipinski definition) is 0. The van der Waals surface area contributed by atoms with Crippen molar-refractivity contribution in [3.8, 4) is 0 Å². The van der Waals surface area contributed by atoms with Crippen molar-refractivity contribution in [2.75, 3.05) is 13.2 Å². The highest BCUT2D eigenvalue weighted by molar-refractivity contribution is 5.71. The minimum absolute atomic E-state index is 0.0864. The van der Waals surface area contributed by atoms with Gasteiger partial charge in [0.2, 0.25) is 0 Å². The molecule has 0 aliphatic carbocycles. The summed E-state index contributed by atoms with van der Waals surface area (Å²) in [7, 11) is 0. The molecular weight excluding hydrogens is 745 g/mol. The highest BCUT2D eigenvalue weighted by Crippen LogP contribution is 2.14. The van der Waals surface area contributed by atoms with Crippen molar-refractivity contribution in [2.24, 2.45) is 0 Å². The Labute approximate surface area is 370 Å². The summed E-state index contributed by atoms with van der Waals surface area (Å²) >= 11 is 0. The number of ether oxygens (including phenoxy) is 3. The van der Waals surface area contributed by atoms with E-state index in [1.807, 2.05) is 0 Å². The van der Waals surface area contributed by atoms with E-state index in [0.717, 1.165) is 96.3 Å². The van der Waals surface area contributed by atoms with E-state index in [9.17, 15) is 14.4 Å². The number of carbonyl (C=O) groups is 3. The highest BCUT2D eigenvalue weighted by atomic mass is 16.6. The molecule has 0 bridgehead atoms. The van der Waals surface area contributed by atoms with Gasteiger partial charge in [0, 0.05) is 19.3 Å². The molecular formula is C54H94O6. The van der Waals surface area contributed by atoms with E-state index in [1.54, 1.807) is 0 Å². The van der Waals surface area contributed by atoms with Crippen molar-refractivity contribution in [1.29, 1.82) is 0 Å². The fourth-order valence-electron chi connectivity index (χ4n) is 6.89. The Kier molecular flexibility index (Phi) is 46.4. The number of unbranched alkanes of at least 4 members (excludes halogenated alkanes) is 24. The predicted molar refractivity (Wildman–Crippen MR) is 256 cm³/mol. The lowest BCUT2D eigenvalue weighted by atomic mass is 10.1. The molecule has 0 radical (unpaired) electrons. The smallest absolute Gasteiger partial charge is 0.306 e. The molecule has 0 heterocycles. The molecule has 346 valence electrons. The summed E-state index contributed by atoms with van der Waals surface area (Å²) in [5.74, 6) is -0.926. The van der Waals surface area contributed by atoms with Gasteiger partial charge in [0.25, 0.3) is 0 Å². The standard InChI is InChI=1S/C54H94O6/c1-4-7-10-13-16-19-22-24-25-26-27-28-29-30-33-35-38-41-44-47-53(56)59-50-51(49-58-52(55)46-43-40-37-34-31-21-18-15-12-9-6-3)60-54(57)48-45-42-39-36-32-23-20-17-14-11-8-5-2/h16-17,19-20,24-25,27-28,30,33,51H,4-15,18,21-23,26,29,31-32,34-50H2,1-3H3/b19-16-,20-17-,25-24-,28-27-,33-30-/t51-/m1/s1. The normalized spacial score (nSPS) is 12.5. The van der Waals surface area contributed by atoms with Crippen molar-refractivity contribution in [3.05, 3.63) is 60.8 Å². The van der Waals surface area contributed by atoms with E-state index >= 15 is 0 Å². The van der Waals surface area contributed by atoms with Crippen LogP contribution in [0.1, 0.15) is 245 Å². The summed E-state index contributed by atoms with van der Waals surface area (Å²) in [6.07, 6.45) is 59.1. The molecule has 0 rings (SSSR count). The third kappa shape index (κ3) is 46.2. The van der Waals surface area contributed by atoms with Crippen LogP contribution in [0.3, 0.4) is 0 Å². The van der Waals surface area contributed by atoms with Crippen LogP contribution in [0.5, 0.6) is 0 Å². The summed E-state index contributed by atoms with van der Waals surface area (Å²) in [4.78, 5) is 37.9. The van der Waals surface area contributed by atoms with Gasteiger partial charge in [-0.15, -0.1) is 0 Å². The molecule has 6 nitrogen and oxygen atoms in total. The molecule has 0 aromatic rings. The van der Waals surface area contributed by atoms with Gasteiger partial charge in [0.15, 0.2) is 6.10 Å². The molecule has 0 saturated carbocycles. The Morgan fingerprint density at radius 2 is 0.600 bits per heavy atom. The maximum Gasteiger partial charge on any atom is 0.306 e. The maximum atomic E-state index is 12.7. The second-order valence-corrected chi connectivity index (χ2v) is 16.7. The van der Waals surface area contributed by atoms with Crippen LogP contribution in [0.25, 0.3) is 0 Å². The third-order valence-electron chi connectivity index (χ3n) is 10.7. The van der Waals surface area contributed by atoms with Crippen LogP contribution >= 0.6 is 0 Å². The van der Waals surface area contributed by atoms with E-state index in [-0.39, 0.29) is 31.1 Å². The zero-order valence-electron chi connectivity index (χ0n) is 39.5. The van der Waals surface area contributed by atoms with Crippen LogP contribution in [0.15, 0.2) is 60.8 Å². The number of hydrogen-bond acceptors (Lipinski definition) is 6. The van der Waals surface area contributed by atoms with E-state index in [1.165, 1.54) is 109 Å². The highest BCUT2D eigenvalue weighted by Gasteiger charge is 2.19. The second kappa shape index (κ2) is 48.8. The Bertz CT molecular complexity index is 1100. The fourth-order valence-corrected chi connectivity index (χ4v) is 6.89. The van der Waals surface area contributed by atoms with E-state index in [0.29, 0.717) is 19.3 Å². The average Bonchev–Trinajstić information content (AvgIpc) is 3.24. The molecule has 0 spiro atoms. The van der Waals surface area contributed by atoms with Crippen LogP contribution < -0.4 is 0 Å². The van der Waals surface area contributed by atoms with Gasteiger partial charge >= 0.3 is 17.9 Å². The van der Waals surface area contributed by atoms with E-state index in [2.05, 4.69) is 81.5 Å². The summed E-state index contributed by atoms with van der Waals surface area (Å²) in [6, 6.07) is 0. The zero-order chi connectivity index (χ0) is 43.7. The fraction of sp³-hybridized carbons (Fsp3) is 0.759. The SMILES string of the molecule is CCCCC/C=C\C/C=C\C/C=C\C/C=C\CCCCCC(=O)OC[C@@H](COC(=O)CCCCCCCCCCCCC)OC(=O)CCCCCCC/C=C\CCCCC. The lowest BCUT2D eigenvalue weighted by molar-refractivity contribution is -0.167. The monoisotopic (exact) mass is 839 g/mol. The number of allylic oxidation sites excluding steroid dienone is 10. The Morgan fingerprint density at radius 3 is 1.00 bits per heavy atom. The van der Waals surface area contributed by atoms with Crippen molar-refractivity contribution in [2.45, 2.75) is 252 Å². The van der Waals surface area contributed by atoms with E-state index < -0.39 is 6.10 Å². The zero-order valence-corrected chi connectivity index (χ0v) is 39.5. The summed E-state index contributed by atoms with van der Waals surface area (Å²) in [5.41, 5.74) is 0. The van der Waals surface area contributed by atoms with Gasteiger partial charge in [-0.1, -0.05) is 197 Å². The first kappa shape index (κ1) is 57.1. The molecule has 0 saturated heterocycles. The average molecular weight is 839 g/mol. The van der Waals surface area contributed by atoms with Gasteiger partial charge in [0.1, 0.15) is 13.2 Å². The molecule has 0 aliphatic heterocycles. The van der Waals surface area contributed by atoms with Crippen LogP contribution in [-0.2, 0) is 28.6 Å². The Balaban J connectivity index is 4.41. The molecule has 1 atom stereocenters. The van der Waals surface area contributed by atoms with Gasteiger partial charge in [-0.05, 0) is 89.9 Å². The number of esters is 3. The van der Waals surface area contributed by atoms with Crippen molar-refractivity contribution in [1.82, 2.24) is 0 Å². The minimum atomic E-state index is -0.788. The first-order chi connectivity index (χ1) is 29.5. The van der Waals surface area contributed by atoms with Crippen LogP contribution in [-0.4, -0.2) is 37.2 Å². The van der Waals surface area contributed by atoms with Gasteiger partial charge in [0.05, 0.1) is 0 Å². The predicted octanol–water partition coefficient (Wildman–Crippen LogP) is 16.5. The van der Waals surface area contributed by atoms with Crippen LogP contribution in [0.4, 0.5) is 0 Å². The summed E-state index contributed by atoms with van der Waals surface area (Å²) < 4.78 is 16.7. The maximum absolute atomic E-state index is 12.7. The molecule has 0 aromatic carbocycles. The largest absolute Gasteiger partial charge is 0.462 e.